The number of alkyl halides is 1. The van der Waals surface area contributed by atoms with Crippen LogP contribution in [0.25, 0.3) is 10.4 Å². The fourth-order valence-corrected chi connectivity index (χ4v) is 1.82. The van der Waals surface area contributed by atoms with Crippen molar-refractivity contribution in [3.63, 3.8) is 0 Å². The van der Waals surface area contributed by atoms with E-state index in [0.29, 0.717) is 0 Å². The first kappa shape index (κ1) is 13.3. The number of aromatic nitrogens is 2. The van der Waals surface area contributed by atoms with Gasteiger partial charge in [-0.3, -0.25) is 14.3 Å². The molecule has 0 spiro atoms. The molecule has 0 radical (unpaired) electrons. The topological polar surface area (TPSA) is 133 Å². The van der Waals surface area contributed by atoms with Gasteiger partial charge in [-0.05, 0) is 5.53 Å². The van der Waals surface area contributed by atoms with E-state index in [2.05, 4.69) is 10.0 Å². The van der Waals surface area contributed by atoms with Crippen LogP contribution in [0.4, 0.5) is 4.39 Å². The van der Waals surface area contributed by atoms with E-state index in [1.54, 1.807) is 0 Å². The molecule has 1 saturated heterocycles. The molecule has 4 atom stereocenters. The zero-order chi connectivity index (χ0) is 14.0. The molecule has 2 unspecified atom stereocenters. The summed E-state index contributed by atoms with van der Waals surface area (Å²) in [5.41, 5.74) is 6.69. The van der Waals surface area contributed by atoms with Crippen LogP contribution in [-0.2, 0) is 4.74 Å². The van der Waals surface area contributed by atoms with E-state index in [1.165, 1.54) is 0 Å². The molecule has 0 aromatic carbocycles. The molecular formula is C9H10FN5O4. The summed E-state index contributed by atoms with van der Waals surface area (Å²) < 4.78 is 19.8. The molecule has 102 valence electrons. The molecule has 10 heteroatoms. The zero-order valence-electron chi connectivity index (χ0n) is 9.51. The lowest BCUT2D eigenvalue weighted by molar-refractivity contribution is -0.0224. The third kappa shape index (κ3) is 2.50. The van der Waals surface area contributed by atoms with Crippen molar-refractivity contribution in [2.75, 3.05) is 6.54 Å². The van der Waals surface area contributed by atoms with Gasteiger partial charge in [0.25, 0.3) is 5.56 Å². The van der Waals surface area contributed by atoms with Gasteiger partial charge in [0.15, 0.2) is 12.4 Å². The average molecular weight is 271 g/mol. The summed E-state index contributed by atoms with van der Waals surface area (Å²) in [5.74, 6) is 0. The number of nitrogens with zero attached hydrogens (tertiary/aromatic N) is 4. The Morgan fingerprint density at radius 1 is 1.63 bits per heavy atom. The molecular weight excluding hydrogens is 261 g/mol. The maximum absolute atomic E-state index is 13.9. The number of azide groups is 1. The molecule has 1 aromatic rings. The summed E-state index contributed by atoms with van der Waals surface area (Å²) in [6.07, 6.45) is -4.74. The van der Waals surface area contributed by atoms with Crippen LogP contribution in [-0.4, -0.2) is 39.6 Å². The van der Waals surface area contributed by atoms with Gasteiger partial charge in [0.1, 0.15) is 6.10 Å². The normalized spacial score (nSPS) is 30.0. The minimum Gasteiger partial charge on any atom is -0.387 e. The molecule has 2 heterocycles. The predicted molar refractivity (Wildman–Crippen MR) is 60.1 cm³/mol. The van der Waals surface area contributed by atoms with E-state index in [4.69, 9.17) is 10.3 Å². The first-order valence-electron chi connectivity index (χ1n) is 5.34. The van der Waals surface area contributed by atoms with E-state index in [0.717, 1.165) is 16.8 Å². The average Bonchev–Trinajstić information content (AvgIpc) is 2.64. The van der Waals surface area contributed by atoms with Crippen molar-refractivity contribution in [1.29, 1.82) is 0 Å². The summed E-state index contributed by atoms with van der Waals surface area (Å²) in [7, 11) is 0. The van der Waals surface area contributed by atoms with Crippen molar-refractivity contribution in [1.82, 2.24) is 9.55 Å². The monoisotopic (exact) mass is 271 g/mol. The van der Waals surface area contributed by atoms with Crippen LogP contribution in [0.2, 0.25) is 0 Å². The molecule has 9 nitrogen and oxygen atoms in total. The Morgan fingerprint density at radius 2 is 2.37 bits per heavy atom. The smallest absolute Gasteiger partial charge is 0.330 e. The second-order valence-corrected chi connectivity index (χ2v) is 3.93. The fourth-order valence-electron chi connectivity index (χ4n) is 1.82. The van der Waals surface area contributed by atoms with Crippen molar-refractivity contribution in [2.24, 2.45) is 5.11 Å². The van der Waals surface area contributed by atoms with E-state index in [9.17, 15) is 19.1 Å². The van der Waals surface area contributed by atoms with E-state index in [-0.39, 0.29) is 6.54 Å². The molecule has 2 N–H and O–H groups in total. The number of halogens is 1. The Labute approximate surface area is 104 Å². The van der Waals surface area contributed by atoms with Gasteiger partial charge in [0.2, 0.25) is 0 Å². The maximum Gasteiger partial charge on any atom is 0.330 e. The first-order chi connectivity index (χ1) is 9.04. The molecule has 0 amide bonds. The fraction of sp³-hybridized carbons (Fsp3) is 0.556. The lowest BCUT2D eigenvalue weighted by Crippen LogP contribution is -2.35. The molecule has 0 saturated carbocycles. The van der Waals surface area contributed by atoms with Crippen molar-refractivity contribution >= 4 is 0 Å². The second-order valence-electron chi connectivity index (χ2n) is 3.93. The highest BCUT2D eigenvalue weighted by Crippen LogP contribution is 2.30. The molecule has 0 aliphatic carbocycles. The van der Waals surface area contributed by atoms with Crippen LogP contribution in [0.1, 0.15) is 6.23 Å². The van der Waals surface area contributed by atoms with E-state index in [1.807, 2.05) is 4.98 Å². The number of rotatable bonds is 3. The lowest BCUT2D eigenvalue weighted by atomic mass is 10.1. The van der Waals surface area contributed by atoms with Crippen molar-refractivity contribution in [3.8, 4) is 0 Å². The Kier molecular flexibility index (Phi) is 3.65. The van der Waals surface area contributed by atoms with Gasteiger partial charge in [-0.1, -0.05) is 5.11 Å². The van der Waals surface area contributed by atoms with Gasteiger partial charge < -0.3 is 9.84 Å². The van der Waals surface area contributed by atoms with Crippen molar-refractivity contribution in [3.05, 3.63) is 43.5 Å². The van der Waals surface area contributed by atoms with Gasteiger partial charge in [-0.15, -0.1) is 0 Å². The van der Waals surface area contributed by atoms with Gasteiger partial charge in [0, 0.05) is 17.2 Å². The SMILES string of the molecule is [N-]=[N+]=NC[C@H]1O[C@@H](n2ccc(=O)[nH]c2=O)C(F)C1O. The minimum atomic E-state index is -1.87. The standard InChI is InChI=1S/C9H10FN5O4/c10-6-7(17)4(3-12-14-11)19-8(6)15-2-1-5(16)13-9(15)18/h1-2,4,6-8,17H,3H2,(H,13,16,18)/t4-,6?,7?,8-/m1/s1. The summed E-state index contributed by atoms with van der Waals surface area (Å²) in [5, 5.41) is 12.8. The number of H-pyrrole nitrogens is 1. The summed E-state index contributed by atoms with van der Waals surface area (Å²) in [4.78, 5) is 26.8. The summed E-state index contributed by atoms with van der Waals surface area (Å²) >= 11 is 0. The highest BCUT2D eigenvalue weighted by atomic mass is 19.1. The van der Waals surface area contributed by atoms with Gasteiger partial charge in [-0.25, -0.2) is 9.18 Å². The van der Waals surface area contributed by atoms with E-state index >= 15 is 0 Å². The van der Waals surface area contributed by atoms with Crippen molar-refractivity contribution in [2.45, 2.75) is 24.6 Å². The number of aliphatic hydroxyl groups excluding tert-OH is 1. The number of nitrogens with one attached hydrogen (secondary N) is 1. The third-order valence-corrected chi connectivity index (χ3v) is 2.74. The third-order valence-electron chi connectivity index (χ3n) is 2.74. The van der Waals surface area contributed by atoms with Crippen LogP contribution in [0.15, 0.2) is 27.0 Å². The Hall–Kier alpha value is -2.16. The van der Waals surface area contributed by atoms with Crippen LogP contribution in [0, 0.1) is 0 Å². The molecule has 2 rings (SSSR count). The molecule has 1 aromatic heterocycles. The maximum atomic E-state index is 13.9. The highest BCUT2D eigenvalue weighted by molar-refractivity contribution is 4.94. The molecule has 19 heavy (non-hydrogen) atoms. The lowest BCUT2D eigenvalue weighted by Gasteiger charge is -2.15. The van der Waals surface area contributed by atoms with Crippen LogP contribution < -0.4 is 11.2 Å². The zero-order valence-corrected chi connectivity index (χ0v) is 9.51. The largest absolute Gasteiger partial charge is 0.387 e. The van der Waals surface area contributed by atoms with Crippen molar-refractivity contribution < 1.29 is 14.2 Å². The molecule has 0 bridgehead atoms. The number of aliphatic hydroxyl groups is 1. The first-order valence-corrected chi connectivity index (χ1v) is 5.34. The second kappa shape index (κ2) is 5.22. The predicted octanol–water partition coefficient (Wildman–Crippen LogP) is -0.557. The summed E-state index contributed by atoms with van der Waals surface area (Å²) in [6.45, 7) is -0.257. The van der Waals surface area contributed by atoms with Crippen LogP contribution >= 0.6 is 0 Å². The summed E-state index contributed by atoms with van der Waals surface area (Å²) in [6, 6.07) is 1.03. The van der Waals surface area contributed by atoms with Gasteiger partial charge in [-0.2, -0.15) is 0 Å². The number of ether oxygens (including phenoxy) is 1. The Morgan fingerprint density at radius 3 is 3.00 bits per heavy atom. The highest BCUT2D eigenvalue weighted by Gasteiger charge is 2.45. The number of aromatic amines is 1. The van der Waals surface area contributed by atoms with Crippen LogP contribution in [0.3, 0.4) is 0 Å². The minimum absolute atomic E-state index is 0.257. The molecule has 1 fully saturated rings. The van der Waals surface area contributed by atoms with Gasteiger partial charge >= 0.3 is 5.69 Å². The van der Waals surface area contributed by atoms with E-state index < -0.39 is 35.9 Å². The Balaban J connectivity index is 2.28. The molecule has 1 aliphatic rings. The number of hydrogen-bond donors (Lipinski definition) is 2. The van der Waals surface area contributed by atoms with Crippen LogP contribution in [0.5, 0.6) is 0 Å². The quantitative estimate of drug-likeness (QED) is 0.433. The number of hydrogen-bond acceptors (Lipinski definition) is 5. The Bertz CT molecular complexity index is 622. The van der Waals surface area contributed by atoms with Gasteiger partial charge in [0.05, 0.1) is 12.6 Å². The molecule has 1 aliphatic heterocycles.